The molecule has 9 heteroatoms. The van der Waals surface area contributed by atoms with E-state index < -0.39 is 23.6 Å². The van der Waals surface area contributed by atoms with Gasteiger partial charge in [0.05, 0.1) is 16.0 Å². The molecule has 0 unspecified atom stereocenters. The number of nitro benzene ring substituents is 1. The summed E-state index contributed by atoms with van der Waals surface area (Å²) >= 11 is 0. The number of nitro groups is 1. The van der Waals surface area contributed by atoms with Crippen molar-refractivity contribution in [3.05, 3.63) is 33.9 Å². The lowest BCUT2D eigenvalue weighted by Crippen LogP contribution is -2.37. The molecule has 0 saturated heterocycles. The Morgan fingerprint density at radius 3 is 2.38 bits per heavy atom. The van der Waals surface area contributed by atoms with E-state index in [-0.39, 0.29) is 22.0 Å². The summed E-state index contributed by atoms with van der Waals surface area (Å²) in [6.45, 7) is 10.9. The van der Waals surface area contributed by atoms with Gasteiger partial charge in [0.25, 0.3) is 11.6 Å². The minimum Gasteiger partial charge on any atom is -0.423 e. The summed E-state index contributed by atoms with van der Waals surface area (Å²) in [5.41, 5.74) is -1.07. The van der Waals surface area contributed by atoms with Crippen LogP contribution in [0.15, 0.2) is 18.2 Å². The molecule has 0 aliphatic heterocycles. The summed E-state index contributed by atoms with van der Waals surface area (Å²) in [6, 6.07) is 3.49. The molecule has 8 nitrogen and oxygen atoms in total. The number of amides is 1. The lowest BCUT2D eigenvalue weighted by molar-refractivity contribution is -0.383. The maximum Gasteiger partial charge on any atom is 0.495 e. The van der Waals surface area contributed by atoms with Gasteiger partial charge in [0, 0.05) is 24.8 Å². The summed E-state index contributed by atoms with van der Waals surface area (Å²) in [4.78, 5) is 22.5. The molecule has 1 amide bonds. The lowest BCUT2D eigenvalue weighted by atomic mass is 9.78. The van der Waals surface area contributed by atoms with Gasteiger partial charge in [0.1, 0.15) is 0 Å². The van der Waals surface area contributed by atoms with Crippen molar-refractivity contribution in [2.45, 2.75) is 46.6 Å². The lowest BCUT2D eigenvalue weighted by Gasteiger charge is -2.27. The molecule has 1 rings (SSSR count). The Labute approximate surface area is 153 Å². The third-order valence-corrected chi connectivity index (χ3v) is 3.81. The third kappa shape index (κ3) is 7.11. The second-order valence-corrected chi connectivity index (χ2v) is 7.96. The Bertz CT molecular complexity index is 655. The number of nitrogens with one attached hydrogen (secondary N) is 1. The Balaban J connectivity index is 2.73. The molecule has 0 radical (unpaired) electrons. The summed E-state index contributed by atoms with van der Waals surface area (Å²) < 4.78 is 5.70. The molecule has 0 spiro atoms. The largest absolute Gasteiger partial charge is 0.495 e. The first-order valence-electron chi connectivity index (χ1n) is 8.39. The van der Waals surface area contributed by atoms with Gasteiger partial charge in [-0.05, 0) is 44.7 Å². The van der Waals surface area contributed by atoms with E-state index >= 15 is 0 Å². The first kappa shape index (κ1) is 22.1. The summed E-state index contributed by atoms with van der Waals surface area (Å²) in [5, 5.41) is 32.3. The van der Waals surface area contributed by atoms with Crippen molar-refractivity contribution in [1.29, 1.82) is 0 Å². The predicted octanol–water partition coefficient (Wildman–Crippen LogP) is 1.24. The van der Waals surface area contributed by atoms with Crippen molar-refractivity contribution in [2.75, 3.05) is 13.2 Å². The standard InChI is InChI=1S/C17H27BN2O6/c1-16(2,3)26-9-8-17(4,5)11-19-15(21)12-6-7-14(20(24)25)13(10-12)18(22)23/h6-7,10,22-23H,8-9,11H2,1-5H3,(H,19,21). The van der Waals surface area contributed by atoms with Crippen molar-refractivity contribution in [1.82, 2.24) is 5.32 Å². The molecule has 26 heavy (non-hydrogen) atoms. The molecule has 0 atom stereocenters. The molecular weight excluding hydrogens is 339 g/mol. The van der Waals surface area contributed by atoms with Gasteiger partial charge in [0.15, 0.2) is 0 Å². The minimum atomic E-state index is -2.03. The van der Waals surface area contributed by atoms with Crippen LogP contribution in [0.2, 0.25) is 0 Å². The van der Waals surface area contributed by atoms with Crippen LogP contribution in [0.4, 0.5) is 5.69 Å². The molecular formula is C17H27BN2O6. The predicted molar refractivity (Wildman–Crippen MR) is 99.4 cm³/mol. The fraction of sp³-hybridized carbons (Fsp3) is 0.588. The van der Waals surface area contributed by atoms with Crippen LogP contribution in [0.25, 0.3) is 0 Å². The van der Waals surface area contributed by atoms with E-state index in [4.69, 9.17) is 4.74 Å². The molecule has 0 heterocycles. The zero-order valence-corrected chi connectivity index (χ0v) is 15.9. The van der Waals surface area contributed by atoms with E-state index in [0.717, 1.165) is 18.6 Å². The number of benzene rings is 1. The molecule has 0 bridgehead atoms. The SMILES string of the molecule is CC(C)(CCOC(C)(C)C)CNC(=O)c1ccc([N+](=O)[O-])c(B(O)O)c1. The van der Waals surface area contributed by atoms with Gasteiger partial charge in [-0.2, -0.15) is 0 Å². The van der Waals surface area contributed by atoms with Gasteiger partial charge in [-0.1, -0.05) is 13.8 Å². The molecule has 3 N–H and O–H groups in total. The average Bonchev–Trinajstić information content (AvgIpc) is 2.50. The molecule has 144 valence electrons. The Kier molecular flexibility index (Phi) is 7.31. The second-order valence-electron chi connectivity index (χ2n) is 7.96. The fourth-order valence-corrected chi connectivity index (χ4v) is 2.21. The zero-order valence-electron chi connectivity index (χ0n) is 15.9. The minimum absolute atomic E-state index is 0.125. The highest BCUT2D eigenvalue weighted by atomic mass is 16.6. The summed E-state index contributed by atoms with van der Waals surface area (Å²) in [6.07, 6.45) is 0.741. The normalized spacial score (nSPS) is 12.0. The van der Waals surface area contributed by atoms with Gasteiger partial charge in [-0.25, -0.2) is 0 Å². The van der Waals surface area contributed by atoms with Crippen molar-refractivity contribution in [3.8, 4) is 0 Å². The van der Waals surface area contributed by atoms with E-state index in [9.17, 15) is 25.0 Å². The highest BCUT2D eigenvalue weighted by Gasteiger charge is 2.26. The Morgan fingerprint density at radius 2 is 1.88 bits per heavy atom. The van der Waals surface area contributed by atoms with Crippen LogP contribution < -0.4 is 10.8 Å². The fourth-order valence-electron chi connectivity index (χ4n) is 2.21. The molecule has 0 saturated carbocycles. The van der Waals surface area contributed by atoms with E-state index in [0.29, 0.717) is 13.2 Å². The van der Waals surface area contributed by atoms with Crippen LogP contribution in [-0.2, 0) is 4.74 Å². The molecule has 1 aromatic carbocycles. The van der Waals surface area contributed by atoms with Gasteiger partial charge in [-0.15, -0.1) is 0 Å². The van der Waals surface area contributed by atoms with E-state index in [2.05, 4.69) is 5.32 Å². The topological polar surface area (TPSA) is 122 Å². The maximum absolute atomic E-state index is 12.3. The van der Waals surface area contributed by atoms with E-state index in [1.165, 1.54) is 6.07 Å². The Morgan fingerprint density at radius 1 is 1.27 bits per heavy atom. The number of ether oxygens (including phenoxy) is 1. The monoisotopic (exact) mass is 366 g/mol. The second kappa shape index (κ2) is 8.61. The van der Waals surface area contributed by atoms with Gasteiger partial charge < -0.3 is 20.1 Å². The highest BCUT2D eigenvalue weighted by Crippen LogP contribution is 2.21. The van der Waals surface area contributed by atoms with Gasteiger partial charge >= 0.3 is 7.12 Å². The smallest absolute Gasteiger partial charge is 0.423 e. The number of rotatable bonds is 8. The van der Waals surface area contributed by atoms with Crippen LogP contribution in [-0.4, -0.2) is 46.7 Å². The summed E-state index contributed by atoms with van der Waals surface area (Å²) in [5.74, 6) is -0.438. The molecule has 1 aromatic rings. The highest BCUT2D eigenvalue weighted by molar-refractivity contribution is 6.60. The average molecular weight is 366 g/mol. The number of carbonyl (C=O) groups excluding carboxylic acids is 1. The first-order valence-corrected chi connectivity index (χ1v) is 8.39. The van der Waals surface area contributed by atoms with Gasteiger partial charge in [0.2, 0.25) is 0 Å². The van der Waals surface area contributed by atoms with Crippen molar-refractivity contribution < 1.29 is 24.5 Å². The third-order valence-electron chi connectivity index (χ3n) is 3.81. The van der Waals surface area contributed by atoms with Crippen molar-refractivity contribution >= 4 is 24.2 Å². The van der Waals surface area contributed by atoms with Crippen LogP contribution in [0.1, 0.15) is 51.4 Å². The van der Waals surface area contributed by atoms with E-state index in [1.54, 1.807) is 0 Å². The van der Waals surface area contributed by atoms with Crippen LogP contribution in [0.5, 0.6) is 0 Å². The quantitative estimate of drug-likeness (QED) is 0.361. The zero-order chi connectivity index (χ0) is 20.1. The number of carbonyl (C=O) groups is 1. The first-order chi connectivity index (χ1) is 11.8. The Hall–Kier alpha value is -1.97. The van der Waals surface area contributed by atoms with Crippen molar-refractivity contribution in [2.24, 2.45) is 5.41 Å². The van der Waals surface area contributed by atoms with Crippen LogP contribution >= 0.6 is 0 Å². The van der Waals surface area contributed by atoms with Crippen molar-refractivity contribution in [3.63, 3.8) is 0 Å². The maximum atomic E-state index is 12.3. The number of nitrogens with zero attached hydrogens (tertiary/aromatic N) is 1. The summed E-state index contributed by atoms with van der Waals surface area (Å²) in [7, 11) is -2.03. The molecule has 0 aliphatic rings. The van der Waals surface area contributed by atoms with Gasteiger partial charge in [-0.3, -0.25) is 14.9 Å². The number of hydrogen-bond acceptors (Lipinski definition) is 6. The molecule has 0 fully saturated rings. The van der Waals surface area contributed by atoms with E-state index in [1.807, 2.05) is 34.6 Å². The number of hydrogen-bond donors (Lipinski definition) is 3. The molecule has 0 aliphatic carbocycles. The van der Waals surface area contributed by atoms with Crippen LogP contribution in [0, 0.1) is 15.5 Å². The van der Waals surface area contributed by atoms with Crippen LogP contribution in [0.3, 0.4) is 0 Å². The molecule has 0 aromatic heterocycles.